The first kappa shape index (κ1) is 15.0. The molecule has 0 aliphatic carbocycles. The van der Waals surface area contributed by atoms with Crippen LogP contribution in [0.2, 0.25) is 0 Å². The highest BCUT2D eigenvalue weighted by Gasteiger charge is 2.25. The van der Waals surface area contributed by atoms with Crippen LogP contribution < -0.4 is 5.32 Å². The first-order valence-electron chi connectivity index (χ1n) is 5.76. The van der Waals surface area contributed by atoms with Gasteiger partial charge in [0.2, 0.25) is 0 Å². The van der Waals surface area contributed by atoms with Crippen LogP contribution in [0.25, 0.3) is 6.08 Å². The van der Waals surface area contributed by atoms with Crippen LogP contribution in [0.4, 0.5) is 0 Å². The molecule has 0 radical (unpaired) electrons. The van der Waals surface area contributed by atoms with Crippen molar-refractivity contribution in [3.8, 4) is 0 Å². The van der Waals surface area contributed by atoms with Gasteiger partial charge in [0.25, 0.3) is 5.91 Å². The third-order valence-corrected chi connectivity index (χ3v) is 4.64. The number of carbonyl (C=O) groups excluding carboxylic acids is 1. The summed E-state index contributed by atoms with van der Waals surface area (Å²) in [6.07, 6.45) is 3.96. The number of nitrogens with one attached hydrogen (secondary N) is 1. The number of rotatable bonds is 5. The zero-order chi connectivity index (χ0) is 14.5. The highest BCUT2D eigenvalue weighted by molar-refractivity contribution is 8.26. The van der Waals surface area contributed by atoms with Crippen molar-refractivity contribution in [3.05, 3.63) is 38.9 Å². The lowest BCUT2D eigenvalue weighted by molar-refractivity contribution is -0.137. The Hall–Kier alpha value is -1.44. The zero-order valence-electron chi connectivity index (χ0n) is 10.3. The van der Waals surface area contributed by atoms with Crippen LogP contribution in [0.1, 0.15) is 17.7 Å². The highest BCUT2D eigenvalue weighted by Crippen LogP contribution is 2.30. The summed E-state index contributed by atoms with van der Waals surface area (Å²) in [6.45, 7) is 0. The lowest BCUT2D eigenvalue weighted by atomic mass is 10.1. The third kappa shape index (κ3) is 4.03. The molecule has 2 rings (SSSR count). The summed E-state index contributed by atoms with van der Waals surface area (Å²) in [5, 5.41) is 13.3. The van der Waals surface area contributed by atoms with E-state index in [1.54, 1.807) is 17.4 Å². The number of hydrogen-bond acceptors (Lipinski definition) is 5. The first-order chi connectivity index (χ1) is 9.56. The van der Waals surface area contributed by atoms with Gasteiger partial charge in [-0.05, 0) is 29.5 Å². The Bertz CT molecular complexity index is 602. The number of carboxylic acids is 1. The van der Waals surface area contributed by atoms with Gasteiger partial charge in [-0.3, -0.25) is 9.59 Å². The van der Waals surface area contributed by atoms with Gasteiger partial charge in [0.05, 0.1) is 4.91 Å². The number of thiophene rings is 1. The molecule has 7 heteroatoms. The van der Waals surface area contributed by atoms with E-state index >= 15 is 0 Å². The lowest BCUT2D eigenvalue weighted by Crippen LogP contribution is -2.18. The molecule has 1 amide bonds. The molecule has 1 saturated heterocycles. The molecule has 0 aromatic carbocycles. The molecule has 0 unspecified atom stereocenters. The smallest absolute Gasteiger partial charge is 0.303 e. The molecule has 104 valence electrons. The van der Waals surface area contributed by atoms with Gasteiger partial charge >= 0.3 is 5.97 Å². The van der Waals surface area contributed by atoms with Crippen molar-refractivity contribution in [2.75, 3.05) is 0 Å². The van der Waals surface area contributed by atoms with Crippen molar-refractivity contribution in [1.82, 2.24) is 5.32 Å². The van der Waals surface area contributed by atoms with Gasteiger partial charge in [0.15, 0.2) is 0 Å². The first-order valence-corrected chi connectivity index (χ1v) is 7.86. The molecule has 1 aromatic heterocycles. The van der Waals surface area contributed by atoms with E-state index in [2.05, 4.69) is 5.32 Å². The van der Waals surface area contributed by atoms with Gasteiger partial charge in [0, 0.05) is 11.3 Å². The summed E-state index contributed by atoms with van der Waals surface area (Å²) in [5.74, 6) is -1.14. The maximum absolute atomic E-state index is 11.8. The Morgan fingerprint density at radius 3 is 2.80 bits per heavy atom. The number of carboxylic acid groups (broad SMARTS) is 1. The van der Waals surface area contributed by atoms with Crippen LogP contribution in [0, 0.1) is 0 Å². The van der Waals surface area contributed by atoms with Crippen LogP contribution in [0.3, 0.4) is 0 Å². The van der Waals surface area contributed by atoms with E-state index < -0.39 is 5.97 Å². The minimum absolute atomic E-state index is 0.0196. The number of allylic oxidation sites excluding steroid dienone is 2. The highest BCUT2D eigenvalue weighted by atomic mass is 32.2. The number of amides is 1. The average molecular weight is 325 g/mol. The van der Waals surface area contributed by atoms with E-state index in [1.807, 2.05) is 23.6 Å². The van der Waals surface area contributed by atoms with Crippen molar-refractivity contribution in [2.24, 2.45) is 0 Å². The molecule has 2 heterocycles. The van der Waals surface area contributed by atoms with Gasteiger partial charge in [-0.25, -0.2) is 0 Å². The average Bonchev–Trinajstić information content (AvgIpc) is 2.99. The molecule has 2 N–H and O–H groups in total. The second-order valence-corrected chi connectivity index (χ2v) is 6.61. The SMILES string of the molecule is O=C(O)CCC(C=Cc1cccs1)=C1SC(=S)NC1=O. The van der Waals surface area contributed by atoms with E-state index in [9.17, 15) is 9.59 Å². The van der Waals surface area contributed by atoms with E-state index in [4.69, 9.17) is 17.3 Å². The van der Waals surface area contributed by atoms with Gasteiger partial charge in [-0.15, -0.1) is 11.3 Å². The van der Waals surface area contributed by atoms with Crippen molar-refractivity contribution in [2.45, 2.75) is 12.8 Å². The summed E-state index contributed by atoms with van der Waals surface area (Å²) < 4.78 is 0.405. The van der Waals surface area contributed by atoms with Crippen molar-refractivity contribution >= 4 is 57.6 Å². The molecule has 4 nitrogen and oxygen atoms in total. The molecule has 1 aromatic rings. The number of thioether (sulfide) groups is 1. The Balaban J connectivity index is 2.24. The van der Waals surface area contributed by atoms with Crippen molar-refractivity contribution in [1.29, 1.82) is 0 Å². The maximum atomic E-state index is 11.8. The van der Waals surface area contributed by atoms with Gasteiger partial charge in [-0.1, -0.05) is 36.1 Å². The molecule has 0 atom stereocenters. The Morgan fingerprint density at radius 1 is 1.45 bits per heavy atom. The summed E-state index contributed by atoms with van der Waals surface area (Å²) in [5.41, 5.74) is 0.697. The fraction of sp³-hybridized carbons (Fsp3) is 0.154. The monoisotopic (exact) mass is 325 g/mol. The standard InChI is InChI=1S/C13H11NO3S3/c15-10(16)6-4-8(3-5-9-2-1-7-19-9)11-12(17)14-13(18)20-11/h1-3,5,7H,4,6H2,(H,15,16)(H,14,17,18). The predicted octanol–water partition coefficient (Wildman–Crippen LogP) is 3.03. The Morgan fingerprint density at radius 2 is 2.25 bits per heavy atom. The van der Waals surface area contributed by atoms with Crippen LogP contribution in [-0.4, -0.2) is 21.3 Å². The van der Waals surface area contributed by atoms with Gasteiger partial charge < -0.3 is 10.4 Å². The second-order valence-electron chi connectivity index (χ2n) is 3.94. The second kappa shape index (κ2) is 6.83. The van der Waals surface area contributed by atoms with Crippen LogP contribution in [0.5, 0.6) is 0 Å². The summed E-state index contributed by atoms with van der Waals surface area (Å²) >= 11 is 7.71. The van der Waals surface area contributed by atoms with E-state index in [0.29, 0.717) is 21.2 Å². The normalized spacial score (nSPS) is 17.6. The molecule has 0 spiro atoms. The largest absolute Gasteiger partial charge is 0.481 e. The Labute approximate surface area is 129 Å². The third-order valence-electron chi connectivity index (χ3n) is 2.51. The summed E-state index contributed by atoms with van der Waals surface area (Å²) in [4.78, 5) is 24.0. The molecular weight excluding hydrogens is 314 g/mol. The quantitative estimate of drug-likeness (QED) is 0.643. The van der Waals surface area contributed by atoms with E-state index in [1.165, 1.54) is 11.8 Å². The lowest BCUT2D eigenvalue weighted by Gasteiger charge is -2.02. The fourth-order valence-electron chi connectivity index (χ4n) is 1.61. The molecule has 0 saturated carbocycles. The number of aliphatic carboxylic acids is 1. The minimum Gasteiger partial charge on any atom is -0.481 e. The topological polar surface area (TPSA) is 66.4 Å². The predicted molar refractivity (Wildman–Crippen MR) is 85.6 cm³/mol. The van der Waals surface area contributed by atoms with Gasteiger partial charge in [-0.2, -0.15) is 0 Å². The number of hydrogen-bond donors (Lipinski definition) is 2. The van der Waals surface area contributed by atoms with Crippen LogP contribution in [-0.2, 0) is 9.59 Å². The molecule has 0 bridgehead atoms. The number of thiocarbonyl (C=S) groups is 1. The molecule has 20 heavy (non-hydrogen) atoms. The zero-order valence-corrected chi connectivity index (χ0v) is 12.7. The minimum atomic E-state index is -0.890. The molecule has 1 aliphatic rings. The maximum Gasteiger partial charge on any atom is 0.303 e. The summed E-state index contributed by atoms with van der Waals surface area (Å²) in [7, 11) is 0. The van der Waals surface area contributed by atoms with Crippen LogP contribution in [0.15, 0.2) is 34.1 Å². The Kier molecular flexibility index (Phi) is 5.11. The number of carbonyl (C=O) groups is 2. The van der Waals surface area contributed by atoms with Gasteiger partial charge in [0.1, 0.15) is 4.32 Å². The van der Waals surface area contributed by atoms with E-state index in [-0.39, 0.29) is 12.3 Å². The summed E-state index contributed by atoms with van der Waals surface area (Å²) in [6, 6.07) is 3.88. The van der Waals surface area contributed by atoms with Crippen LogP contribution >= 0.6 is 35.3 Å². The van der Waals surface area contributed by atoms with Crippen molar-refractivity contribution < 1.29 is 14.7 Å². The van der Waals surface area contributed by atoms with E-state index in [0.717, 1.165) is 4.88 Å². The molecule has 1 aliphatic heterocycles. The van der Waals surface area contributed by atoms with Crippen molar-refractivity contribution in [3.63, 3.8) is 0 Å². The molecular formula is C13H11NO3S3. The fourth-order valence-corrected chi connectivity index (χ4v) is 3.34. The molecule has 1 fully saturated rings.